The molecule has 0 unspecified atom stereocenters. The molecule has 0 amide bonds. The molecule has 0 spiro atoms. The van der Waals surface area contributed by atoms with Crippen molar-refractivity contribution in [2.45, 2.75) is 53.4 Å². The number of ether oxygens (including phenoxy) is 2. The average molecular weight is 427 g/mol. The molecule has 0 N–H and O–H groups in total. The lowest BCUT2D eigenvalue weighted by molar-refractivity contribution is -0.168. The smallest absolute Gasteiger partial charge is 0.379 e. The van der Waals surface area contributed by atoms with Gasteiger partial charge in [0.25, 0.3) is 0 Å². The Bertz CT molecular complexity index is 811. The summed E-state index contributed by atoms with van der Waals surface area (Å²) in [7, 11) is -1.15. The second-order valence-corrected chi connectivity index (χ2v) is 8.71. The number of nitrogens with zero attached hydrogens (tertiary/aromatic N) is 1. The van der Waals surface area contributed by atoms with E-state index in [0.29, 0.717) is 24.1 Å². The summed E-state index contributed by atoms with van der Waals surface area (Å²) in [5.74, 6) is -1.30. The fourth-order valence-electron chi connectivity index (χ4n) is 3.99. The van der Waals surface area contributed by atoms with Crippen LogP contribution < -0.4 is 5.44 Å². The predicted molar refractivity (Wildman–Crippen MR) is 107 cm³/mol. The third kappa shape index (κ3) is 3.98. The number of esters is 2. The summed E-state index contributed by atoms with van der Waals surface area (Å²) < 4.78 is 34.5. The normalized spacial score (nSPS) is 15.1. The second kappa shape index (κ2) is 9.37. The first-order chi connectivity index (χ1) is 13.8. The molecule has 29 heavy (non-hydrogen) atoms. The summed E-state index contributed by atoms with van der Waals surface area (Å²) in [6.07, 6.45) is 1.28. The summed E-state index contributed by atoms with van der Waals surface area (Å²) in [6, 6.07) is 0. The first-order valence-electron chi connectivity index (χ1n) is 9.88. The molecule has 0 saturated carbocycles. The van der Waals surface area contributed by atoms with Crippen LogP contribution in [0.3, 0.4) is 0 Å². The number of pyridine rings is 1. The lowest BCUT2D eigenvalue weighted by Crippen LogP contribution is -2.42. The number of fused-ring (bicyclic) bond motifs is 1. The standard InChI is InChI=1S/C20H30NO7P/c1-7-13-14-11-20(18(22)25-5,19(23)26-6)12-15(14)16(8-2)21-17(13)29(24,27-9-3)28-10-4/h7-12H2,1-6H3. The van der Waals surface area contributed by atoms with Crippen molar-refractivity contribution in [3.05, 3.63) is 22.4 Å². The second-order valence-electron chi connectivity index (χ2n) is 6.78. The molecule has 0 fully saturated rings. The van der Waals surface area contributed by atoms with Crippen LogP contribution in [0.25, 0.3) is 0 Å². The largest absolute Gasteiger partial charge is 0.468 e. The van der Waals surface area contributed by atoms with Crippen molar-refractivity contribution in [1.82, 2.24) is 4.98 Å². The highest BCUT2D eigenvalue weighted by Crippen LogP contribution is 2.50. The predicted octanol–water partition coefficient (Wildman–Crippen LogP) is 2.53. The van der Waals surface area contributed by atoms with Crippen LogP contribution in [-0.4, -0.2) is 44.4 Å². The highest BCUT2D eigenvalue weighted by Gasteiger charge is 2.54. The monoisotopic (exact) mass is 427 g/mol. The maximum Gasteiger partial charge on any atom is 0.379 e. The van der Waals surface area contributed by atoms with Crippen LogP contribution in [0.1, 0.15) is 50.1 Å². The quantitative estimate of drug-likeness (QED) is 0.337. The van der Waals surface area contributed by atoms with Gasteiger partial charge in [-0.3, -0.25) is 14.2 Å². The third-order valence-electron chi connectivity index (χ3n) is 5.24. The number of hydrogen-bond donors (Lipinski definition) is 0. The van der Waals surface area contributed by atoms with Gasteiger partial charge in [-0.2, -0.15) is 0 Å². The van der Waals surface area contributed by atoms with Crippen molar-refractivity contribution in [1.29, 1.82) is 0 Å². The molecule has 1 aliphatic carbocycles. The van der Waals surface area contributed by atoms with Crippen LogP contribution >= 0.6 is 7.60 Å². The van der Waals surface area contributed by atoms with Crippen molar-refractivity contribution >= 4 is 25.0 Å². The summed E-state index contributed by atoms with van der Waals surface area (Å²) in [5.41, 5.74) is 1.75. The number of rotatable bonds is 9. The van der Waals surface area contributed by atoms with Crippen LogP contribution in [-0.2, 0) is 58.4 Å². The fourth-order valence-corrected chi connectivity index (χ4v) is 5.86. The number of carbonyl (C=O) groups is 2. The van der Waals surface area contributed by atoms with Gasteiger partial charge in [0, 0.05) is 18.5 Å². The minimum atomic E-state index is -3.64. The lowest BCUT2D eigenvalue weighted by atomic mass is 9.84. The van der Waals surface area contributed by atoms with Crippen LogP contribution in [0.4, 0.5) is 0 Å². The molecule has 1 heterocycles. The molecule has 8 nitrogen and oxygen atoms in total. The van der Waals surface area contributed by atoms with Crippen LogP contribution in [0.5, 0.6) is 0 Å². The van der Waals surface area contributed by atoms with E-state index in [-0.39, 0.29) is 31.5 Å². The zero-order valence-corrected chi connectivity index (χ0v) is 18.9. The van der Waals surface area contributed by atoms with E-state index in [1.807, 2.05) is 13.8 Å². The first kappa shape index (κ1) is 23.5. The van der Waals surface area contributed by atoms with E-state index >= 15 is 0 Å². The number of hydrogen-bond acceptors (Lipinski definition) is 8. The van der Waals surface area contributed by atoms with E-state index in [4.69, 9.17) is 18.5 Å². The van der Waals surface area contributed by atoms with E-state index in [0.717, 1.165) is 11.1 Å². The molecule has 9 heteroatoms. The number of methoxy groups -OCH3 is 2. The molecule has 0 atom stereocenters. The Hall–Kier alpha value is -1.76. The highest BCUT2D eigenvalue weighted by atomic mass is 31.2. The van der Waals surface area contributed by atoms with Crippen LogP contribution in [0.2, 0.25) is 0 Å². The average Bonchev–Trinajstić information content (AvgIpc) is 3.13. The van der Waals surface area contributed by atoms with Gasteiger partial charge in [0.15, 0.2) is 10.9 Å². The Morgan fingerprint density at radius 3 is 1.86 bits per heavy atom. The molecule has 0 saturated heterocycles. The molecule has 0 radical (unpaired) electrons. The topological polar surface area (TPSA) is 101 Å². The summed E-state index contributed by atoms with van der Waals surface area (Å²) in [6.45, 7) is 7.71. The summed E-state index contributed by atoms with van der Waals surface area (Å²) in [5, 5.41) is 0. The summed E-state index contributed by atoms with van der Waals surface area (Å²) in [4.78, 5) is 29.9. The molecular formula is C20H30NO7P. The van der Waals surface area contributed by atoms with Crippen molar-refractivity contribution in [3.8, 4) is 0 Å². The van der Waals surface area contributed by atoms with Crippen molar-refractivity contribution in [2.24, 2.45) is 5.41 Å². The van der Waals surface area contributed by atoms with E-state index in [9.17, 15) is 14.2 Å². The van der Waals surface area contributed by atoms with Gasteiger partial charge in [0.1, 0.15) is 0 Å². The maximum atomic E-state index is 13.5. The zero-order chi connectivity index (χ0) is 21.8. The molecule has 162 valence electrons. The fraction of sp³-hybridized carbons (Fsp3) is 0.650. The van der Waals surface area contributed by atoms with E-state index < -0.39 is 24.9 Å². The van der Waals surface area contributed by atoms with Crippen molar-refractivity contribution in [2.75, 3.05) is 27.4 Å². The number of carbonyl (C=O) groups excluding carboxylic acids is 2. The molecule has 1 aliphatic rings. The molecule has 0 aromatic carbocycles. The minimum absolute atomic E-state index is 0.103. The molecule has 1 aromatic rings. The van der Waals surface area contributed by atoms with E-state index in [1.54, 1.807) is 13.8 Å². The van der Waals surface area contributed by atoms with Crippen molar-refractivity contribution < 1.29 is 32.7 Å². The van der Waals surface area contributed by atoms with Crippen LogP contribution in [0, 0.1) is 5.41 Å². The molecule has 2 rings (SSSR count). The van der Waals surface area contributed by atoms with Crippen LogP contribution in [0.15, 0.2) is 0 Å². The van der Waals surface area contributed by atoms with Crippen molar-refractivity contribution in [3.63, 3.8) is 0 Å². The Morgan fingerprint density at radius 1 is 0.931 bits per heavy atom. The van der Waals surface area contributed by atoms with Gasteiger partial charge in [0.2, 0.25) is 0 Å². The van der Waals surface area contributed by atoms with Gasteiger partial charge < -0.3 is 18.5 Å². The van der Waals surface area contributed by atoms with Gasteiger partial charge in [-0.15, -0.1) is 0 Å². The third-order valence-corrected chi connectivity index (χ3v) is 7.33. The van der Waals surface area contributed by atoms with Gasteiger partial charge in [-0.05, 0) is 43.4 Å². The first-order valence-corrected chi connectivity index (χ1v) is 11.4. The van der Waals surface area contributed by atoms with Gasteiger partial charge >= 0.3 is 19.5 Å². The molecule has 1 aromatic heterocycles. The molecule has 0 aliphatic heterocycles. The van der Waals surface area contributed by atoms with Gasteiger partial charge in [-0.25, -0.2) is 4.98 Å². The SMILES string of the molecule is CCOP(=O)(OCC)c1nc(CC)c2c(c1CC)CC(C(=O)OC)(C(=O)OC)C2. The Balaban J connectivity index is 2.77. The highest BCUT2D eigenvalue weighted by molar-refractivity contribution is 7.62. The Labute approximate surface area is 171 Å². The Morgan fingerprint density at radius 2 is 1.45 bits per heavy atom. The Kier molecular flexibility index (Phi) is 7.60. The molecular weight excluding hydrogens is 397 g/mol. The van der Waals surface area contributed by atoms with Gasteiger partial charge in [-0.1, -0.05) is 13.8 Å². The number of aromatic nitrogens is 1. The minimum Gasteiger partial charge on any atom is -0.468 e. The molecule has 0 bridgehead atoms. The van der Waals surface area contributed by atoms with E-state index in [1.165, 1.54) is 14.2 Å². The van der Waals surface area contributed by atoms with E-state index in [2.05, 4.69) is 4.98 Å². The number of aryl methyl sites for hydroxylation is 1. The van der Waals surface area contributed by atoms with Gasteiger partial charge in [0.05, 0.1) is 27.4 Å². The zero-order valence-electron chi connectivity index (χ0n) is 18.0. The summed E-state index contributed by atoms with van der Waals surface area (Å²) >= 11 is 0. The maximum absolute atomic E-state index is 13.5. The lowest BCUT2D eigenvalue weighted by Gasteiger charge is -2.23.